The molecular weight excluding hydrogens is 212 g/mol. The van der Waals surface area contributed by atoms with E-state index in [1.165, 1.54) is 51.7 Å². The summed E-state index contributed by atoms with van der Waals surface area (Å²) in [6.07, 6.45) is 8.45. The summed E-state index contributed by atoms with van der Waals surface area (Å²) in [5, 5.41) is 10.5. The highest BCUT2D eigenvalue weighted by molar-refractivity contribution is 4.85. The molecule has 1 saturated heterocycles. The molecule has 0 aromatic heterocycles. The Balaban J connectivity index is 1.66. The fraction of sp³-hybridized carbons (Fsp3) is 1.00. The van der Waals surface area contributed by atoms with Crippen molar-refractivity contribution in [2.45, 2.75) is 50.5 Å². The molecule has 0 spiro atoms. The number of nitrogens with zero attached hydrogens (tertiary/aromatic N) is 2. The van der Waals surface area contributed by atoms with E-state index < -0.39 is 5.60 Å². The minimum Gasteiger partial charge on any atom is -0.389 e. The molecule has 0 radical (unpaired) electrons. The van der Waals surface area contributed by atoms with Crippen LogP contribution in [0, 0.1) is 0 Å². The van der Waals surface area contributed by atoms with Crippen LogP contribution in [-0.4, -0.2) is 60.3 Å². The van der Waals surface area contributed by atoms with E-state index >= 15 is 0 Å². The highest BCUT2D eigenvalue weighted by Crippen LogP contribution is 2.28. The smallest absolute Gasteiger partial charge is 0.0774 e. The third-order valence-electron chi connectivity index (χ3n) is 4.35. The van der Waals surface area contributed by atoms with E-state index in [-0.39, 0.29) is 0 Å². The van der Waals surface area contributed by atoms with Crippen molar-refractivity contribution >= 4 is 0 Å². The molecule has 1 aliphatic heterocycles. The Morgan fingerprint density at radius 1 is 1.06 bits per heavy atom. The molecule has 2 fully saturated rings. The van der Waals surface area contributed by atoms with E-state index in [4.69, 9.17) is 0 Å². The predicted molar refractivity (Wildman–Crippen MR) is 71.2 cm³/mol. The number of hydrogen-bond donors (Lipinski definition) is 1. The summed E-state index contributed by atoms with van der Waals surface area (Å²) >= 11 is 0. The van der Waals surface area contributed by atoms with Crippen LogP contribution in [0.1, 0.15) is 44.9 Å². The molecule has 0 bridgehead atoms. The van der Waals surface area contributed by atoms with Crippen molar-refractivity contribution in [3.8, 4) is 0 Å². The van der Waals surface area contributed by atoms with Gasteiger partial charge in [0, 0.05) is 19.6 Å². The van der Waals surface area contributed by atoms with E-state index in [2.05, 4.69) is 16.8 Å². The quantitative estimate of drug-likeness (QED) is 0.792. The van der Waals surface area contributed by atoms with Crippen LogP contribution in [0.5, 0.6) is 0 Å². The highest BCUT2D eigenvalue weighted by atomic mass is 16.3. The lowest BCUT2D eigenvalue weighted by atomic mass is 9.84. The van der Waals surface area contributed by atoms with Gasteiger partial charge < -0.3 is 14.9 Å². The van der Waals surface area contributed by atoms with Crippen LogP contribution < -0.4 is 0 Å². The van der Waals surface area contributed by atoms with Gasteiger partial charge in [-0.2, -0.15) is 0 Å². The Morgan fingerprint density at radius 2 is 1.71 bits per heavy atom. The van der Waals surface area contributed by atoms with Gasteiger partial charge in [0.1, 0.15) is 0 Å². The van der Waals surface area contributed by atoms with Gasteiger partial charge in [0.15, 0.2) is 0 Å². The average Bonchev–Trinajstić information content (AvgIpc) is 2.79. The van der Waals surface area contributed by atoms with Gasteiger partial charge in [-0.25, -0.2) is 0 Å². The summed E-state index contributed by atoms with van der Waals surface area (Å²) in [5.41, 5.74) is -0.391. The standard InChI is InChI=1S/C14H28N2O/c1-15(11-12-16-9-5-6-10-16)13-14(17)7-3-2-4-8-14/h17H,2-13H2,1H3. The van der Waals surface area contributed by atoms with Crippen LogP contribution >= 0.6 is 0 Å². The lowest BCUT2D eigenvalue weighted by molar-refractivity contribution is -0.0217. The van der Waals surface area contributed by atoms with Gasteiger partial charge in [0.2, 0.25) is 0 Å². The molecule has 0 unspecified atom stereocenters. The van der Waals surface area contributed by atoms with Crippen molar-refractivity contribution in [3.05, 3.63) is 0 Å². The molecule has 3 heteroatoms. The Morgan fingerprint density at radius 3 is 2.35 bits per heavy atom. The molecule has 100 valence electrons. The lowest BCUT2D eigenvalue weighted by Gasteiger charge is -2.36. The monoisotopic (exact) mass is 240 g/mol. The average molecular weight is 240 g/mol. The van der Waals surface area contributed by atoms with E-state index in [1.54, 1.807) is 0 Å². The molecule has 1 N–H and O–H groups in total. The van der Waals surface area contributed by atoms with Crippen molar-refractivity contribution in [1.82, 2.24) is 9.80 Å². The van der Waals surface area contributed by atoms with Crippen LogP contribution in [0.4, 0.5) is 0 Å². The van der Waals surface area contributed by atoms with Gasteiger partial charge >= 0.3 is 0 Å². The second kappa shape index (κ2) is 6.17. The van der Waals surface area contributed by atoms with Gasteiger partial charge in [0.05, 0.1) is 5.60 Å². The van der Waals surface area contributed by atoms with Crippen molar-refractivity contribution in [2.75, 3.05) is 39.8 Å². The fourth-order valence-corrected chi connectivity index (χ4v) is 3.27. The van der Waals surface area contributed by atoms with Crippen LogP contribution in [-0.2, 0) is 0 Å². The van der Waals surface area contributed by atoms with Crippen LogP contribution in [0.15, 0.2) is 0 Å². The normalized spacial score (nSPS) is 25.6. The zero-order chi connectivity index (χ0) is 12.1. The number of rotatable bonds is 5. The van der Waals surface area contributed by atoms with E-state index in [0.29, 0.717) is 0 Å². The summed E-state index contributed by atoms with van der Waals surface area (Å²) in [6.45, 7) is 5.69. The number of aliphatic hydroxyl groups is 1. The Bertz CT molecular complexity index is 220. The topological polar surface area (TPSA) is 26.7 Å². The summed E-state index contributed by atoms with van der Waals surface area (Å²) < 4.78 is 0. The van der Waals surface area contributed by atoms with Crippen LogP contribution in [0.2, 0.25) is 0 Å². The molecule has 17 heavy (non-hydrogen) atoms. The number of likely N-dealkylation sites (N-methyl/N-ethyl adjacent to an activating group) is 1. The molecule has 0 amide bonds. The maximum Gasteiger partial charge on any atom is 0.0774 e. The summed E-state index contributed by atoms with van der Waals surface area (Å²) in [7, 11) is 2.16. The molecule has 1 aliphatic carbocycles. The molecule has 0 atom stereocenters. The second-order valence-electron chi connectivity index (χ2n) is 6.07. The second-order valence-corrected chi connectivity index (χ2v) is 6.07. The molecule has 0 aromatic carbocycles. The zero-order valence-corrected chi connectivity index (χ0v) is 11.3. The minimum absolute atomic E-state index is 0.391. The molecule has 2 aliphatic rings. The van der Waals surface area contributed by atoms with E-state index in [1.807, 2.05) is 0 Å². The van der Waals surface area contributed by atoms with Crippen LogP contribution in [0.3, 0.4) is 0 Å². The zero-order valence-electron chi connectivity index (χ0n) is 11.3. The van der Waals surface area contributed by atoms with E-state index in [0.717, 1.165) is 25.9 Å². The summed E-state index contributed by atoms with van der Waals surface area (Å²) in [5.74, 6) is 0. The Kier molecular flexibility index (Phi) is 4.83. The first-order chi connectivity index (χ1) is 8.18. The van der Waals surface area contributed by atoms with Gasteiger partial charge in [-0.3, -0.25) is 0 Å². The molecule has 1 heterocycles. The minimum atomic E-state index is -0.391. The van der Waals surface area contributed by atoms with Gasteiger partial charge in [-0.05, 0) is 45.8 Å². The molecule has 3 nitrogen and oxygen atoms in total. The van der Waals surface area contributed by atoms with Crippen molar-refractivity contribution in [3.63, 3.8) is 0 Å². The summed E-state index contributed by atoms with van der Waals surface area (Å²) in [4.78, 5) is 4.87. The highest BCUT2D eigenvalue weighted by Gasteiger charge is 2.30. The maximum atomic E-state index is 10.5. The maximum absolute atomic E-state index is 10.5. The lowest BCUT2D eigenvalue weighted by Crippen LogP contribution is -2.44. The SMILES string of the molecule is CN(CCN1CCCC1)CC1(O)CCCCC1. The summed E-state index contributed by atoms with van der Waals surface area (Å²) in [6, 6.07) is 0. The number of hydrogen-bond acceptors (Lipinski definition) is 3. The molecule has 1 saturated carbocycles. The Hall–Kier alpha value is -0.120. The van der Waals surface area contributed by atoms with Crippen molar-refractivity contribution in [2.24, 2.45) is 0 Å². The third-order valence-corrected chi connectivity index (χ3v) is 4.35. The van der Waals surface area contributed by atoms with Crippen molar-refractivity contribution < 1.29 is 5.11 Å². The van der Waals surface area contributed by atoms with Gasteiger partial charge in [-0.1, -0.05) is 19.3 Å². The molecule has 0 aromatic rings. The largest absolute Gasteiger partial charge is 0.389 e. The first kappa shape index (κ1) is 13.3. The van der Waals surface area contributed by atoms with E-state index in [9.17, 15) is 5.11 Å². The van der Waals surface area contributed by atoms with Gasteiger partial charge in [-0.15, -0.1) is 0 Å². The van der Waals surface area contributed by atoms with Crippen LogP contribution in [0.25, 0.3) is 0 Å². The van der Waals surface area contributed by atoms with Gasteiger partial charge in [0.25, 0.3) is 0 Å². The first-order valence-corrected chi connectivity index (χ1v) is 7.31. The third kappa shape index (κ3) is 4.23. The first-order valence-electron chi connectivity index (χ1n) is 7.31. The Labute approximate surface area is 106 Å². The fourth-order valence-electron chi connectivity index (χ4n) is 3.27. The molecule has 2 rings (SSSR count). The molecular formula is C14H28N2O. The predicted octanol–water partition coefficient (Wildman–Crippen LogP) is 1.71. The number of likely N-dealkylation sites (tertiary alicyclic amines) is 1. The van der Waals surface area contributed by atoms with Crippen molar-refractivity contribution in [1.29, 1.82) is 0 Å².